The van der Waals surface area contributed by atoms with E-state index >= 15 is 0 Å². The molecule has 0 rings (SSSR count). The molecule has 0 aromatic rings. The third-order valence-corrected chi connectivity index (χ3v) is 2.15. The Kier molecular flexibility index (Phi) is 4.65. The molecular formula is C8H19NO. The Balaban J connectivity index is 3.58. The highest BCUT2D eigenvalue weighted by Gasteiger charge is 2.14. The maximum Gasteiger partial charge on any atom is 0.0944 e. The highest BCUT2D eigenvalue weighted by atomic mass is 16.5. The average molecular weight is 145 g/mol. The minimum Gasteiger partial charge on any atom is -0.363 e. The summed E-state index contributed by atoms with van der Waals surface area (Å²) in [6, 6.07) is 0. The molecule has 10 heavy (non-hydrogen) atoms. The summed E-state index contributed by atoms with van der Waals surface area (Å²) < 4.78 is 5.24. The summed E-state index contributed by atoms with van der Waals surface area (Å²) in [5.74, 6) is 1.25. The maximum absolute atomic E-state index is 5.25. The van der Waals surface area contributed by atoms with Crippen LogP contribution < -0.4 is 5.73 Å². The molecule has 0 aromatic carbocycles. The van der Waals surface area contributed by atoms with E-state index in [1.54, 1.807) is 0 Å². The topological polar surface area (TPSA) is 35.2 Å². The van der Waals surface area contributed by atoms with E-state index in [0.717, 1.165) is 0 Å². The van der Waals surface area contributed by atoms with Crippen molar-refractivity contribution in [3.8, 4) is 0 Å². The minimum absolute atomic E-state index is 0.282. The van der Waals surface area contributed by atoms with Crippen LogP contribution in [0.25, 0.3) is 0 Å². The van der Waals surface area contributed by atoms with Crippen LogP contribution in [0.15, 0.2) is 0 Å². The SMILES string of the molecule is CC(C)C(C)C(C)OCN. The molecule has 0 bridgehead atoms. The van der Waals surface area contributed by atoms with E-state index in [0.29, 0.717) is 18.6 Å². The van der Waals surface area contributed by atoms with Gasteiger partial charge in [0.05, 0.1) is 12.8 Å². The maximum atomic E-state index is 5.25. The fourth-order valence-corrected chi connectivity index (χ4v) is 0.846. The highest BCUT2D eigenvalue weighted by molar-refractivity contribution is 4.63. The Hall–Kier alpha value is -0.0800. The van der Waals surface area contributed by atoms with E-state index in [-0.39, 0.29) is 6.10 Å². The Morgan fingerprint density at radius 2 is 1.70 bits per heavy atom. The van der Waals surface area contributed by atoms with Gasteiger partial charge in [0.1, 0.15) is 0 Å². The van der Waals surface area contributed by atoms with Gasteiger partial charge < -0.3 is 10.5 Å². The molecule has 0 amide bonds. The number of nitrogens with two attached hydrogens (primary N) is 1. The van der Waals surface area contributed by atoms with E-state index in [9.17, 15) is 0 Å². The molecule has 2 nitrogen and oxygen atoms in total. The third kappa shape index (κ3) is 3.18. The first-order chi connectivity index (χ1) is 4.59. The molecular weight excluding hydrogens is 126 g/mol. The van der Waals surface area contributed by atoms with Crippen molar-refractivity contribution in [3.05, 3.63) is 0 Å². The standard InChI is InChI=1S/C8H19NO/c1-6(2)7(3)8(4)10-5-9/h6-8H,5,9H2,1-4H3. The summed E-state index contributed by atoms with van der Waals surface area (Å²) in [4.78, 5) is 0. The zero-order valence-electron chi connectivity index (χ0n) is 7.42. The molecule has 0 spiro atoms. The molecule has 0 aliphatic carbocycles. The van der Waals surface area contributed by atoms with Crippen molar-refractivity contribution in [2.24, 2.45) is 17.6 Å². The molecule has 62 valence electrons. The van der Waals surface area contributed by atoms with E-state index in [2.05, 4.69) is 27.7 Å². The Morgan fingerprint density at radius 1 is 1.20 bits per heavy atom. The summed E-state index contributed by atoms with van der Waals surface area (Å²) in [6.45, 7) is 8.98. The number of ether oxygens (including phenoxy) is 1. The minimum atomic E-state index is 0.282. The molecule has 0 radical (unpaired) electrons. The fraction of sp³-hybridized carbons (Fsp3) is 1.00. The summed E-state index contributed by atoms with van der Waals surface area (Å²) in [6.07, 6.45) is 0.282. The van der Waals surface area contributed by atoms with Crippen LogP contribution in [0.3, 0.4) is 0 Å². The Bertz CT molecular complexity index is 83.3. The lowest BCUT2D eigenvalue weighted by Crippen LogP contribution is -2.25. The smallest absolute Gasteiger partial charge is 0.0944 e. The van der Waals surface area contributed by atoms with Gasteiger partial charge in [0, 0.05) is 0 Å². The lowest BCUT2D eigenvalue weighted by Gasteiger charge is -2.22. The summed E-state index contributed by atoms with van der Waals surface area (Å²) in [5, 5.41) is 0. The van der Waals surface area contributed by atoms with Gasteiger partial charge in [-0.2, -0.15) is 0 Å². The number of hydrogen-bond donors (Lipinski definition) is 1. The zero-order valence-corrected chi connectivity index (χ0v) is 7.42. The van der Waals surface area contributed by atoms with E-state index in [1.165, 1.54) is 0 Å². The van der Waals surface area contributed by atoms with Gasteiger partial charge in [-0.1, -0.05) is 20.8 Å². The monoisotopic (exact) mass is 145 g/mol. The van der Waals surface area contributed by atoms with Crippen LogP contribution in [-0.2, 0) is 4.74 Å². The van der Waals surface area contributed by atoms with Crippen molar-refractivity contribution in [3.63, 3.8) is 0 Å². The van der Waals surface area contributed by atoms with Crippen LogP contribution in [0, 0.1) is 11.8 Å². The van der Waals surface area contributed by atoms with Crippen LogP contribution in [0.4, 0.5) is 0 Å². The number of rotatable bonds is 4. The van der Waals surface area contributed by atoms with E-state index < -0.39 is 0 Å². The quantitative estimate of drug-likeness (QED) is 0.610. The second-order valence-corrected chi connectivity index (χ2v) is 3.14. The highest BCUT2D eigenvalue weighted by Crippen LogP contribution is 2.15. The van der Waals surface area contributed by atoms with Gasteiger partial charge in [-0.25, -0.2) is 0 Å². The van der Waals surface area contributed by atoms with Crippen LogP contribution in [0.5, 0.6) is 0 Å². The summed E-state index contributed by atoms with van der Waals surface area (Å²) in [7, 11) is 0. The normalized spacial score (nSPS) is 17.4. The van der Waals surface area contributed by atoms with Crippen molar-refractivity contribution >= 4 is 0 Å². The first-order valence-corrected chi connectivity index (χ1v) is 3.91. The van der Waals surface area contributed by atoms with Crippen molar-refractivity contribution < 1.29 is 4.74 Å². The van der Waals surface area contributed by atoms with Crippen molar-refractivity contribution in [2.75, 3.05) is 6.73 Å². The van der Waals surface area contributed by atoms with Gasteiger partial charge in [0.25, 0.3) is 0 Å². The predicted octanol–water partition coefficient (Wildman–Crippen LogP) is 1.60. The molecule has 0 saturated carbocycles. The molecule has 0 aliphatic rings. The van der Waals surface area contributed by atoms with Gasteiger partial charge in [-0.3, -0.25) is 0 Å². The fourth-order valence-electron chi connectivity index (χ4n) is 0.846. The lowest BCUT2D eigenvalue weighted by atomic mass is 9.93. The third-order valence-electron chi connectivity index (χ3n) is 2.15. The number of hydrogen-bond acceptors (Lipinski definition) is 2. The van der Waals surface area contributed by atoms with Gasteiger partial charge in [0.15, 0.2) is 0 Å². The molecule has 2 heteroatoms. The second kappa shape index (κ2) is 4.69. The Morgan fingerprint density at radius 3 is 2.00 bits per heavy atom. The Labute approximate surface area is 63.7 Å². The molecule has 0 aromatic heterocycles. The molecule has 0 aliphatic heterocycles. The average Bonchev–Trinajstić information content (AvgIpc) is 1.87. The van der Waals surface area contributed by atoms with Crippen LogP contribution in [0.2, 0.25) is 0 Å². The predicted molar refractivity (Wildman–Crippen MR) is 43.6 cm³/mol. The van der Waals surface area contributed by atoms with Gasteiger partial charge in [0.2, 0.25) is 0 Å². The van der Waals surface area contributed by atoms with E-state index in [1.807, 2.05) is 0 Å². The summed E-state index contributed by atoms with van der Waals surface area (Å²) >= 11 is 0. The van der Waals surface area contributed by atoms with E-state index in [4.69, 9.17) is 10.5 Å². The molecule has 2 unspecified atom stereocenters. The van der Waals surface area contributed by atoms with Crippen LogP contribution in [0.1, 0.15) is 27.7 Å². The first kappa shape index (κ1) is 9.92. The van der Waals surface area contributed by atoms with Gasteiger partial charge in [-0.15, -0.1) is 0 Å². The second-order valence-electron chi connectivity index (χ2n) is 3.14. The van der Waals surface area contributed by atoms with Crippen LogP contribution >= 0.6 is 0 Å². The zero-order chi connectivity index (χ0) is 8.15. The van der Waals surface area contributed by atoms with Crippen molar-refractivity contribution in [1.82, 2.24) is 0 Å². The van der Waals surface area contributed by atoms with Crippen LogP contribution in [-0.4, -0.2) is 12.8 Å². The van der Waals surface area contributed by atoms with Crippen molar-refractivity contribution in [1.29, 1.82) is 0 Å². The summed E-state index contributed by atoms with van der Waals surface area (Å²) in [5.41, 5.74) is 5.25. The van der Waals surface area contributed by atoms with Gasteiger partial charge >= 0.3 is 0 Å². The first-order valence-electron chi connectivity index (χ1n) is 3.91. The molecule has 0 saturated heterocycles. The van der Waals surface area contributed by atoms with Crippen molar-refractivity contribution in [2.45, 2.75) is 33.8 Å². The molecule has 0 fully saturated rings. The van der Waals surface area contributed by atoms with Gasteiger partial charge in [-0.05, 0) is 18.8 Å². The largest absolute Gasteiger partial charge is 0.363 e. The molecule has 2 N–H and O–H groups in total. The lowest BCUT2D eigenvalue weighted by molar-refractivity contribution is 0.0200. The molecule has 2 atom stereocenters. The molecule has 0 heterocycles.